The number of ether oxygens (including phenoxy) is 1. The van der Waals surface area contributed by atoms with Gasteiger partial charge in [0, 0.05) is 23.9 Å². The minimum atomic E-state index is -0.272. The highest BCUT2D eigenvalue weighted by atomic mass is 32.1. The van der Waals surface area contributed by atoms with Gasteiger partial charge in [-0.3, -0.25) is 10.1 Å². The number of hydrogen-bond acceptors (Lipinski definition) is 5. The number of carbonyl (C=O) groups excluding carboxylic acids is 2. The second kappa shape index (κ2) is 8.93. The Kier molecular flexibility index (Phi) is 6.08. The summed E-state index contributed by atoms with van der Waals surface area (Å²) in [4.78, 5) is 32.9. The lowest BCUT2D eigenvalue weighted by Gasteiger charge is -2.27. The molecule has 2 N–H and O–H groups in total. The van der Waals surface area contributed by atoms with Crippen LogP contribution in [0.4, 0.5) is 9.93 Å². The zero-order chi connectivity index (χ0) is 22.0. The number of hydrogen-bond donors (Lipinski definition) is 2. The molecule has 0 radical (unpaired) electrons. The molecule has 0 atom stereocenters. The SMILES string of the molecule is CCOc1ccc2ccccc2c1C(=O)N1CCc2nc(NC(=O)NC(C)C)sc2C1. The summed E-state index contributed by atoms with van der Waals surface area (Å²) >= 11 is 1.42. The van der Waals surface area contributed by atoms with E-state index in [4.69, 9.17) is 4.74 Å². The number of nitrogens with zero attached hydrogens (tertiary/aromatic N) is 2. The van der Waals surface area contributed by atoms with Gasteiger partial charge in [0.05, 0.1) is 24.4 Å². The largest absolute Gasteiger partial charge is 0.493 e. The van der Waals surface area contributed by atoms with E-state index in [2.05, 4.69) is 15.6 Å². The van der Waals surface area contributed by atoms with E-state index in [0.717, 1.165) is 21.3 Å². The van der Waals surface area contributed by atoms with E-state index in [1.165, 1.54) is 11.3 Å². The Morgan fingerprint density at radius 3 is 2.81 bits per heavy atom. The average molecular weight is 439 g/mol. The van der Waals surface area contributed by atoms with E-state index < -0.39 is 0 Å². The topological polar surface area (TPSA) is 83.6 Å². The second-order valence-electron chi connectivity index (χ2n) is 7.71. The minimum Gasteiger partial charge on any atom is -0.493 e. The number of amides is 3. The fraction of sp³-hybridized carbons (Fsp3) is 0.348. The highest BCUT2D eigenvalue weighted by molar-refractivity contribution is 7.15. The van der Waals surface area contributed by atoms with Gasteiger partial charge in [-0.25, -0.2) is 9.78 Å². The fourth-order valence-corrected chi connectivity index (χ4v) is 4.74. The Bertz CT molecular complexity index is 1130. The summed E-state index contributed by atoms with van der Waals surface area (Å²) in [6.45, 7) is 7.25. The molecule has 1 aromatic heterocycles. The lowest BCUT2D eigenvalue weighted by molar-refractivity contribution is 0.0734. The molecule has 0 aliphatic carbocycles. The highest BCUT2D eigenvalue weighted by Crippen LogP contribution is 2.33. The number of benzene rings is 2. The summed E-state index contributed by atoms with van der Waals surface area (Å²) < 4.78 is 5.79. The zero-order valence-electron chi connectivity index (χ0n) is 17.9. The molecule has 1 aliphatic rings. The summed E-state index contributed by atoms with van der Waals surface area (Å²) in [5, 5.41) is 8.03. The van der Waals surface area contributed by atoms with Crippen LogP contribution in [0, 0.1) is 0 Å². The number of thiazole rings is 1. The number of anilines is 1. The zero-order valence-corrected chi connectivity index (χ0v) is 18.7. The van der Waals surface area contributed by atoms with Crippen molar-refractivity contribution >= 4 is 39.2 Å². The Balaban J connectivity index is 1.58. The third-order valence-electron chi connectivity index (χ3n) is 5.06. The van der Waals surface area contributed by atoms with Crippen molar-refractivity contribution in [3.63, 3.8) is 0 Å². The molecule has 0 saturated carbocycles. The molecule has 31 heavy (non-hydrogen) atoms. The normalized spacial score (nSPS) is 13.2. The third kappa shape index (κ3) is 4.49. The Morgan fingerprint density at radius 1 is 1.23 bits per heavy atom. The predicted octanol–water partition coefficient (Wildman–Crippen LogP) is 4.42. The van der Waals surface area contributed by atoms with Crippen molar-refractivity contribution in [1.29, 1.82) is 0 Å². The molecule has 7 nitrogen and oxygen atoms in total. The second-order valence-corrected chi connectivity index (χ2v) is 8.80. The molecular formula is C23H26N4O3S. The first-order chi connectivity index (χ1) is 15.0. The molecule has 3 aromatic rings. The molecule has 0 spiro atoms. The number of urea groups is 1. The molecular weight excluding hydrogens is 412 g/mol. The molecule has 8 heteroatoms. The summed E-state index contributed by atoms with van der Waals surface area (Å²) in [5.41, 5.74) is 1.54. The van der Waals surface area contributed by atoms with Crippen LogP contribution in [0.2, 0.25) is 0 Å². The number of aromatic nitrogens is 1. The maximum Gasteiger partial charge on any atom is 0.321 e. The standard InChI is InChI=1S/C23H26N4O3S/c1-4-30-18-10-9-15-7-5-6-8-16(15)20(18)21(28)27-12-11-17-19(13-27)31-23(25-17)26-22(29)24-14(2)3/h5-10,14H,4,11-13H2,1-3H3,(H2,24,25,26,29). The Labute approximate surface area is 185 Å². The van der Waals surface area contributed by atoms with Gasteiger partial charge >= 0.3 is 6.03 Å². The molecule has 4 rings (SSSR count). The fourth-order valence-electron chi connectivity index (χ4n) is 3.72. The molecule has 2 heterocycles. The van der Waals surface area contributed by atoms with Gasteiger partial charge in [-0.1, -0.05) is 41.7 Å². The Morgan fingerprint density at radius 2 is 2.03 bits per heavy atom. The summed E-state index contributed by atoms with van der Waals surface area (Å²) in [6.07, 6.45) is 0.653. The summed E-state index contributed by atoms with van der Waals surface area (Å²) in [6, 6.07) is 11.5. The molecule has 0 bridgehead atoms. The lowest BCUT2D eigenvalue weighted by atomic mass is 10.0. The van der Waals surface area contributed by atoms with E-state index in [1.54, 1.807) is 0 Å². The van der Waals surface area contributed by atoms with E-state index in [9.17, 15) is 9.59 Å². The first kappa shape index (κ1) is 21.1. The van der Waals surface area contributed by atoms with Gasteiger partial charge in [0.1, 0.15) is 5.75 Å². The molecule has 3 amide bonds. The van der Waals surface area contributed by atoms with Gasteiger partial charge in [-0.05, 0) is 37.6 Å². The van der Waals surface area contributed by atoms with E-state index in [-0.39, 0.29) is 18.0 Å². The first-order valence-corrected chi connectivity index (χ1v) is 11.3. The summed E-state index contributed by atoms with van der Waals surface area (Å²) in [7, 11) is 0. The van der Waals surface area contributed by atoms with Crippen molar-refractivity contribution in [2.45, 2.75) is 39.8 Å². The van der Waals surface area contributed by atoms with Crippen molar-refractivity contribution in [2.24, 2.45) is 0 Å². The molecule has 162 valence electrons. The average Bonchev–Trinajstić information content (AvgIpc) is 3.14. The maximum absolute atomic E-state index is 13.6. The van der Waals surface area contributed by atoms with Crippen LogP contribution in [0.25, 0.3) is 10.8 Å². The van der Waals surface area contributed by atoms with Gasteiger partial charge < -0.3 is 15.0 Å². The predicted molar refractivity (Wildman–Crippen MR) is 123 cm³/mol. The molecule has 0 saturated heterocycles. The van der Waals surface area contributed by atoms with Gasteiger partial charge in [-0.15, -0.1) is 0 Å². The van der Waals surface area contributed by atoms with Crippen molar-refractivity contribution in [2.75, 3.05) is 18.5 Å². The first-order valence-electron chi connectivity index (χ1n) is 10.5. The van der Waals surface area contributed by atoms with E-state index >= 15 is 0 Å². The van der Waals surface area contributed by atoms with Crippen molar-refractivity contribution < 1.29 is 14.3 Å². The van der Waals surface area contributed by atoms with Gasteiger partial charge in [0.25, 0.3) is 5.91 Å². The number of nitrogens with one attached hydrogen (secondary N) is 2. The number of fused-ring (bicyclic) bond motifs is 2. The maximum atomic E-state index is 13.6. The molecule has 0 fully saturated rings. The third-order valence-corrected chi connectivity index (χ3v) is 6.06. The molecule has 0 unspecified atom stereocenters. The van der Waals surface area contributed by atoms with Crippen molar-refractivity contribution in [1.82, 2.24) is 15.2 Å². The number of rotatable bonds is 5. The smallest absolute Gasteiger partial charge is 0.321 e. The van der Waals surface area contributed by atoms with Gasteiger partial charge in [0.2, 0.25) is 0 Å². The number of carbonyl (C=O) groups is 2. The highest BCUT2D eigenvalue weighted by Gasteiger charge is 2.28. The van der Waals surface area contributed by atoms with Crippen LogP contribution in [0.15, 0.2) is 36.4 Å². The van der Waals surface area contributed by atoms with Crippen LogP contribution in [-0.2, 0) is 13.0 Å². The van der Waals surface area contributed by atoms with Crippen LogP contribution in [0.1, 0.15) is 41.7 Å². The van der Waals surface area contributed by atoms with Crippen LogP contribution in [0.5, 0.6) is 5.75 Å². The monoisotopic (exact) mass is 438 g/mol. The van der Waals surface area contributed by atoms with Crippen LogP contribution in [0.3, 0.4) is 0 Å². The quantitative estimate of drug-likeness (QED) is 0.618. The minimum absolute atomic E-state index is 0.0444. The Hall–Kier alpha value is -3.13. The van der Waals surface area contributed by atoms with Crippen molar-refractivity contribution in [3.8, 4) is 5.75 Å². The van der Waals surface area contributed by atoms with Gasteiger partial charge in [0.15, 0.2) is 5.13 Å². The molecule has 1 aliphatic heterocycles. The van der Waals surface area contributed by atoms with Crippen LogP contribution >= 0.6 is 11.3 Å². The summed E-state index contributed by atoms with van der Waals surface area (Å²) in [5.74, 6) is 0.556. The van der Waals surface area contributed by atoms with E-state index in [0.29, 0.717) is 42.6 Å². The lowest BCUT2D eigenvalue weighted by Crippen LogP contribution is -2.35. The van der Waals surface area contributed by atoms with Crippen LogP contribution in [-0.4, -0.2) is 41.0 Å². The van der Waals surface area contributed by atoms with Crippen LogP contribution < -0.4 is 15.4 Å². The van der Waals surface area contributed by atoms with Gasteiger partial charge in [-0.2, -0.15) is 0 Å². The van der Waals surface area contributed by atoms with E-state index in [1.807, 2.05) is 62.1 Å². The molecule has 2 aromatic carbocycles. The van der Waals surface area contributed by atoms with Crippen molar-refractivity contribution in [3.05, 3.63) is 52.5 Å².